The molecule has 2 aliphatic rings. The van der Waals surface area contributed by atoms with Gasteiger partial charge in [0.05, 0.1) is 0 Å². The van der Waals surface area contributed by atoms with Crippen LogP contribution in [0.2, 0.25) is 0 Å². The normalized spacial score (nSPS) is 25.2. The highest BCUT2D eigenvalue weighted by molar-refractivity contribution is 5.86. The third kappa shape index (κ3) is 2.96. The van der Waals surface area contributed by atoms with Gasteiger partial charge in [-0.15, -0.1) is 0 Å². The fraction of sp³-hybridized carbons (Fsp3) is 0.333. The van der Waals surface area contributed by atoms with Crippen LogP contribution in [-0.2, 0) is 6.42 Å². The molecule has 2 aromatic carbocycles. The standard InChI is InChI=1S/C24H26N2O/c1-15-11-18(12-21-20-14-19(27)7-8-22(20)26-24(15)21)23-13-17(9-10-25-23)16-5-3-2-4-6-16/h2-9,14-15,18,23,25-27H,10-13H2,1H3. The van der Waals surface area contributed by atoms with Crippen LogP contribution in [-0.4, -0.2) is 22.7 Å². The maximum Gasteiger partial charge on any atom is 0.116 e. The van der Waals surface area contributed by atoms with Gasteiger partial charge in [-0.3, -0.25) is 0 Å². The molecular weight excluding hydrogens is 332 g/mol. The average molecular weight is 358 g/mol. The van der Waals surface area contributed by atoms with Crippen molar-refractivity contribution >= 4 is 16.5 Å². The number of H-pyrrole nitrogens is 1. The van der Waals surface area contributed by atoms with Gasteiger partial charge >= 0.3 is 0 Å². The first-order valence-electron chi connectivity index (χ1n) is 10.0. The number of phenols is 1. The Balaban J connectivity index is 1.43. The molecule has 3 atom stereocenters. The molecule has 3 nitrogen and oxygen atoms in total. The lowest BCUT2D eigenvalue weighted by Gasteiger charge is -2.36. The first-order chi connectivity index (χ1) is 13.2. The van der Waals surface area contributed by atoms with Crippen LogP contribution in [0.3, 0.4) is 0 Å². The Hall–Kier alpha value is -2.52. The largest absolute Gasteiger partial charge is 0.508 e. The van der Waals surface area contributed by atoms with E-state index in [1.807, 2.05) is 12.1 Å². The van der Waals surface area contributed by atoms with E-state index in [0.29, 0.717) is 23.6 Å². The number of hydrogen-bond donors (Lipinski definition) is 3. The summed E-state index contributed by atoms with van der Waals surface area (Å²) in [7, 11) is 0. The fourth-order valence-electron chi connectivity index (χ4n) is 5.07. The predicted octanol–water partition coefficient (Wildman–Crippen LogP) is 4.98. The van der Waals surface area contributed by atoms with E-state index in [1.54, 1.807) is 6.07 Å². The topological polar surface area (TPSA) is 48.0 Å². The third-order valence-corrected chi connectivity index (χ3v) is 6.42. The van der Waals surface area contributed by atoms with Gasteiger partial charge < -0.3 is 15.4 Å². The lowest BCUT2D eigenvalue weighted by Crippen LogP contribution is -2.41. The summed E-state index contributed by atoms with van der Waals surface area (Å²) in [6, 6.07) is 17.0. The number of rotatable bonds is 2. The predicted molar refractivity (Wildman–Crippen MR) is 111 cm³/mol. The first-order valence-corrected chi connectivity index (χ1v) is 10.0. The van der Waals surface area contributed by atoms with Crippen LogP contribution in [0.4, 0.5) is 0 Å². The van der Waals surface area contributed by atoms with Crippen LogP contribution in [0, 0.1) is 5.92 Å². The molecule has 3 heteroatoms. The molecule has 27 heavy (non-hydrogen) atoms. The summed E-state index contributed by atoms with van der Waals surface area (Å²) < 4.78 is 0. The van der Waals surface area contributed by atoms with Crippen molar-refractivity contribution in [3.63, 3.8) is 0 Å². The van der Waals surface area contributed by atoms with Crippen LogP contribution in [0.1, 0.15) is 42.5 Å². The molecule has 5 rings (SSSR count). The average Bonchev–Trinajstić information content (AvgIpc) is 3.07. The Morgan fingerprint density at radius 1 is 1.04 bits per heavy atom. The van der Waals surface area contributed by atoms with Crippen LogP contribution in [0.5, 0.6) is 5.75 Å². The SMILES string of the molecule is CC1CC(C2CC(c3ccccc3)=CCN2)Cc2c1[nH]c1ccc(O)cc21. The van der Waals surface area contributed by atoms with E-state index in [2.05, 4.69) is 53.6 Å². The number of nitrogens with one attached hydrogen (secondary N) is 2. The van der Waals surface area contributed by atoms with Gasteiger partial charge in [-0.2, -0.15) is 0 Å². The van der Waals surface area contributed by atoms with Gasteiger partial charge in [-0.05, 0) is 66.0 Å². The Morgan fingerprint density at radius 3 is 2.74 bits per heavy atom. The van der Waals surface area contributed by atoms with Crippen molar-refractivity contribution in [2.24, 2.45) is 5.92 Å². The highest BCUT2D eigenvalue weighted by atomic mass is 16.3. The second-order valence-corrected chi connectivity index (χ2v) is 8.16. The summed E-state index contributed by atoms with van der Waals surface area (Å²) in [6.45, 7) is 3.28. The number of aromatic hydroxyl groups is 1. The number of phenolic OH excluding ortho intramolecular Hbond substituents is 1. The van der Waals surface area contributed by atoms with E-state index in [1.165, 1.54) is 34.2 Å². The van der Waals surface area contributed by atoms with E-state index in [4.69, 9.17) is 0 Å². The van der Waals surface area contributed by atoms with E-state index in [-0.39, 0.29) is 0 Å². The minimum atomic E-state index is 0.351. The van der Waals surface area contributed by atoms with Gasteiger partial charge in [-0.25, -0.2) is 0 Å². The van der Waals surface area contributed by atoms with Crippen molar-refractivity contribution in [1.29, 1.82) is 0 Å². The minimum absolute atomic E-state index is 0.351. The third-order valence-electron chi connectivity index (χ3n) is 6.42. The molecule has 0 amide bonds. The molecule has 0 radical (unpaired) electrons. The van der Waals surface area contributed by atoms with E-state index < -0.39 is 0 Å². The molecule has 1 aliphatic heterocycles. The summed E-state index contributed by atoms with van der Waals surface area (Å²) in [6.07, 6.45) is 5.70. The second-order valence-electron chi connectivity index (χ2n) is 8.16. The Morgan fingerprint density at radius 2 is 1.89 bits per heavy atom. The van der Waals surface area contributed by atoms with Crippen molar-refractivity contribution < 1.29 is 5.11 Å². The summed E-state index contributed by atoms with van der Waals surface area (Å²) in [5.41, 5.74) is 6.73. The molecule has 138 valence electrons. The van der Waals surface area contributed by atoms with Gasteiger partial charge in [0.1, 0.15) is 5.75 Å². The number of hydrogen-bond acceptors (Lipinski definition) is 2. The molecule has 0 saturated carbocycles. The summed E-state index contributed by atoms with van der Waals surface area (Å²) in [4.78, 5) is 3.61. The van der Waals surface area contributed by atoms with Gasteiger partial charge in [0.15, 0.2) is 0 Å². The van der Waals surface area contributed by atoms with Crippen molar-refractivity contribution in [1.82, 2.24) is 10.3 Å². The highest BCUT2D eigenvalue weighted by Crippen LogP contribution is 2.42. The zero-order chi connectivity index (χ0) is 18.4. The summed E-state index contributed by atoms with van der Waals surface area (Å²) in [5, 5.41) is 14.9. The monoisotopic (exact) mass is 358 g/mol. The molecule has 1 aliphatic carbocycles. The number of fused-ring (bicyclic) bond motifs is 3. The fourth-order valence-corrected chi connectivity index (χ4v) is 5.07. The van der Waals surface area contributed by atoms with Gasteiger partial charge in [-0.1, -0.05) is 43.3 Å². The Bertz CT molecular complexity index is 1000. The number of aromatic amines is 1. The zero-order valence-electron chi connectivity index (χ0n) is 15.7. The molecule has 0 fully saturated rings. The molecule has 3 aromatic rings. The lowest BCUT2D eigenvalue weighted by molar-refractivity contribution is 0.306. The highest BCUT2D eigenvalue weighted by Gasteiger charge is 2.33. The zero-order valence-corrected chi connectivity index (χ0v) is 15.7. The quantitative estimate of drug-likeness (QED) is 0.605. The van der Waals surface area contributed by atoms with E-state index >= 15 is 0 Å². The number of aromatic nitrogens is 1. The van der Waals surface area contributed by atoms with Crippen molar-refractivity contribution in [3.05, 3.63) is 71.4 Å². The van der Waals surface area contributed by atoms with Crippen LogP contribution >= 0.6 is 0 Å². The molecule has 1 aromatic heterocycles. The Kier molecular flexibility index (Phi) is 4.05. The molecule has 0 bridgehead atoms. The van der Waals surface area contributed by atoms with E-state index in [9.17, 15) is 5.11 Å². The molecule has 3 N–H and O–H groups in total. The lowest BCUT2D eigenvalue weighted by atomic mass is 9.74. The van der Waals surface area contributed by atoms with Crippen LogP contribution < -0.4 is 5.32 Å². The Labute approximate surface area is 160 Å². The smallest absolute Gasteiger partial charge is 0.116 e. The van der Waals surface area contributed by atoms with E-state index in [0.717, 1.165) is 24.9 Å². The van der Waals surface area contributed by atoms with Crippen LogP contribution in [0.25, 0.3) is 16.5 Å². The van der Waals surface area contributed by atoms with Gasteiger partial charge in [0, 0.05) is 29.2 Å². The molecular formula is C24H26N2O. The van der Waals surface area contributed by atoms with Crippen molar-refractivity contribution in [2.75, 3.05) is 6.54 Å². The first kappa shape index (κ1) is 16.6. The van der Waals surface area contributed by atoms with Gasteiger partial charge in [0.25, 0.3) is 0 Å². The summed E-state index contributed by atoms with van der Waals surface area (Å²) >= 11 is 0. The van der Waals surface area contributed by atoms with Gasteiger partial charge in [0.2, 0.25) is 0 Å². The van der Waals surface area contributed by atoms with Crippen molar-refractivity contribution in [2.45, 2.75) is 38.1 Å². The minimum Gasteiger partial charge on any atom is -0.508 e. The molecule has 3 unspecified atom stereocenters. The van der Waals surface area contributed by atoms with Crippen LogP contribution in [0.15, 0.2) is 54.6 Å². The maximum atomic E-state index is 9.96. The second kappa shape index (κ2) is 6.58. The summed E-state index contributed by atoms with van der Waals surface area (Å²) in [5.74, 6) is 1.48. The molecule has 2 heterocycles. The van der Waals surface area contributed by atoms with Crippen molar-refractivity contribution in [3.8, 4) is 5.75 Å². The maximum absolute atomic E-state index is 9.96. The number of benzene rings is 2. The molecule has 0 spiro atoms. The molecule has 0 saturated heterocycles.